The summed E-state index contributed by atoms with van der Waals surface area (Å²) in [6, 6.07) is 5.13. The van der Waals surface area contributed by atoms with Crippen molar-refractivity contribution >= 4 is 0 Å². The second-order valence-electron chi connectivity index (χ2n) is 4.60. The Bertz CT molecular complexity index is 554. The van der Waals surface area contributed by atoms with E-state index in [0.717, 1.165) is 34.7 Å². The van der Waals surface area contributed by atoms with Crippen LogP contribution in [-0.4, -0.2) is 5.16 Å². The molecule has 0 saturated heterocycles. The second kappa shape index (κ2) is 5.66. The summed E-state index contributed by atoms with van der Waals surface area (Å²) in [6.45, 7) is 4.74. The zero-order valence-electron chi connectivity index (χ0n) is 11.2. The molecule has 0 fully saturated rings. The Morgan fingerprint density at radius 2 is 1.75 bits per heavy atom. The van der Waals surface area contributed by atoms with Crippen molar-refractivity contribution in [2.45, 2.75) is 33.1 Å². The molecule has 2 rings (SSSR count). The topological polar surface area (TPSA) is 38.1 Å². The van der Waals surface area contributed by atoms with Gasteiger partial charge in [-0.2, -0.15) is 13.2 Å². The first-order valence-corrected chi connectivity index (χ1v) is 6.16. The maximum atomic E-state index is 12.4. The van der Waals surface area contributed by atoms with Gasteiger partial charge in [0.1, 0.15) is 5.76 Å². The number of hydrogen-bond acceptors (Lipinski definition) is 3. The SMILES string of the molecule is Cc1noc(C)c1CNCc1ccc(C(F)(F)F)cc1. The lowest BCUT2D eigenvalue weighted by Crippen LogP contribution is -2.14. The summed E-state index contributed by atoms with van der Waals surface area (Å²) in [5, 5.41) is 7.00. The molecule has 0 aliphatic rings. The number of aromatic nitrogens is 1. The summed E-state index contributed by atoms with van der Waals surface area (Å²) in [5.74, 6) is 0.752. The van der Waals surface area contributed by atoms with Gasteiger partial charge in [-0.1, -0.05) is 17.3 Å². The van der Waals surface area contributed by atoms with Crippen LogP contribution in [0.1, 0.15) is 28.1 Å². The highest BCUT2D eigenvalue weighted by atomic mass is 19.4. The van der Waals surface area contributed by atoms with Crippen LogP contribution in [0, 0.1) is 13.8 Å². The normalized spacial score (nSPS) is 11.8. The monoisotopic (exact) mass is 284 g/mol. The van der Waals surface area contributed by atoms with Gasteiger partial charge in [-0.25, -0.2) is 0 Å². The van der Waals surface area contributed by atoms with Crippen LogP contribution >= 0.6 is 0 Å². The van der Waals surface area contributed by atoms with Crippen molar-refractivity contribution in [2.24, 2.45) is 0 Å². The van der Waals surface area contributed by atoms with E-state index in [4.69, 9.17) is 4.52 Å². The van der Waals surface area contributed by atoms with Gasteiger partial charge in [-0.05, 0) is 31.5 Å². The fourth-order valence-electron chi connectivity index (χ4n) is 1.90. The number of nitrogens with one attached hydrogen (secondary N) is 1. The number of alkyl halides is 3. The molecule has 1 aromatic heterocycles. The summed E-state index contributed by atoms with van der Waals surface area (Å²) >= 11 is 0. The van der Waals surface area contributed by atoms with E-state index >= 15 is 0 Å². The van der Waals surface area contributed by atoms with Gasteiger partial charge in [0, 0.05) is 18.7 Å². The highest BCUT2D eigenvalue weighted by Gasteiger charge is 2.29. The third kappa shape index (κ3) is 3.39. The molecule has 1 heterocycles. The third-order valence-corrected chi connectivity index (χ3v) is 3.09. The molecule has 108 valence electrons. The second-order valence-corrected chi connectivity index (χ2v) is 4.60. The summed E-state index contributed by atoms with van der Waals surface area (Å²) in [4.78, 5) is 0. The molecule has 2 aromatic rings. The molecular weight excluding hydrogens is 269 g/mol. The van der Waals surface area contributed by atoms with Crippen LogP contribution in [0.15, 0.2) is 28.8 Å². The van der Waals surface area contributed by atoms with Gasteiger partial charge < -0.3 is 9.84 Å². The minimum atomic E-state index is -4.29. The van der Waals surface area contributed by atoms with Crippen LogP contribution in [-0.2, 0) is 19.3 Å². The molecule has 6 heteroatoms. The smallest absolute Gasteiger partial charge is 0.361 e. The Labute approximate surface area is 114 Å². The van der Waals surface area contributed by atoms with Crippen LogP contribution in [0.25, 0.3) is 0 Å². The van der Waals surface area contributed by atoms with Crippen molar-refractivity contribution < 1.29 is 17.7 Å². The summed E-state index contributed by atoms with van der Waals surface area (Å²) in [5.41, 5.74) is 1.97. The van der Waals surface area contributed by atoms with E-state index in [0.29, 0.717) is 13.1 Å². The average molecular weight is 284 g/mol. The fourth-order valence-corrected chi connectivity index (χ4v) is 1.90. The molecule has 0 radical (unpaired) electrons. The molecule has 1 aromatic carbocycles. The van der Waals surface area contributed by atoms with Crippen LogP contribution in [0.2, 0.25) is 0 Å². The number of aryl methyl sites for hydroxylation is 2. The van der Waals surface area contributed by atoms with Gasteiger partial charge in [0.2, 0.25) is 0 Å². The van der Waals surface area contributed by atoms with E-state index in [1.54, 1.807) is 0 Å². The predicted octanol–water partition coefficient (Wildman–Crippen LogP) is 3.60. The number of rotatable bonds is 4. The molecule has 3 nitrogen and oxygen atoms in total. The van der Waals surface area contributed by atoms with Gasteiger partial charge >= 0.3 is 6.18 Å². The Morgan fingerprint density at radius 1 is 1.10 bits per heavy atom. The average Bonchev–Trinajstić information content (AvgIpc) is 2.70. The molecule has 0 aliphatic carbocycles. The van der Waals surface area contributed by atoms with E-state index in [-0.39, 0.29) is 0 Å². The number of hydrogen-bond donors (Lipinski definition) is 1. The van der Waals surface area contributed by atoms with Crippen molar-refractivity contribution in [3.8, 4) is 0 Å². The molecule has 1 N–H and O–H groups in total. The molecule has 0 unspecified atom stereocenters. The van der Waals surface area contributed by atoms with Gasteiger partial charge in [0.15, 0.2) is 0 Å². The van der Waals surface area contributed by atoms with Crippen molar-refractivity contribution in [2.75, 3.05) is 0 Å². The molecule has 0 atom stereocenters. The van der Waals surface area contributed by atoms with Gasteiger partial charge in [0.25, 0.3) is 0 Å². The van der Waals surface area contributed by atoms with Crippen LogP contribution in [0.3, 0.4) is 0 Å². The molecule has 0 bridgehead atoms. The highest BCUT2D eigenvalue weighted by Crippen LogP contribution is 2.29. The van der Waals surface area contributed by atoms with E-state index in [1.165, 1.54) is 12.1 Å². The first kappa shape index (κ1) is 14.6. The van der Waals surface area contributed by atoms with Crippen molar-refractivity contribution in [3.63, 3.8) is 0 Å². The Balaban J connectivity index is 1.92. The lowest BCUT2D eigenvalue weighted by molar-refractivity contribution is -0.137. The molecule has 20 heavy (non-hydrogen) atoms. The summed E-state index contributed by atoms with van der Waals surface area (Å²) < 4.78 is 42.3. The van der Waals surface area contributed by atoms with E-state index in [2.05, 4.69) is 10.5 Å². The molecule has 0 saturated carbocycles. The van der Waals surface area contributed by atoms with Gasteiger partial charge in [-0.3, -0.25) is 0 Å². The zero-order valence-corrected chi connectivity index (χ0v) is 11.2. The number of benzene rings is 1. The maximum absolute atomic E-state index is 12.4. The highest BCUT2D eigenvalue weighted by molar-refractivity contribution is 5.25. The Kier molecular flexibility index (Phi) is 4.13. The molecule has 0 aliphatic heterocycles. The lowest BCUT2D eigenvalue weighted by atomic mass is 10.1. The Morgan fingerprint density at radius 3 is 2.25 bits per heavy atom. The minimum Gasteiger partial charge on any atom is -0.361 e. The number of halogens is 3. The van der Waals surface area contributed by atoms with Crippen LogP contribution < -0.4 is 5.32 Å². The Hall–Kier alpha value is -1.82. The predicted molar refractivity (Wildman–Crippen MR) is 68.0 cm³/mol. The summed E-state index contributed by atoms with van der Waals surface area (Å²) in [6.07, 6.45) is -4.29. The maximum Gasteiger partial charge on any atom is 0.416 e. The van der Waals surface area contributed by atoms with Crippen LogP contribution in [0.5, 0.6) is 0 Å². The van der Waals surface area contributed by atoms with Crippen molar-refractivity contribution in [1.29, 1.82) is 0 Å². The number of nitrogens with zero attached hydrogens (tertiary/aromatic N) is 1. The standard InChI is InChI=1S/C14H15F3N2O/c1-9-13(10(2)20-19-9)8-18-7-11-3-5-12(6-4-11)14(15,16)17/h3-6,18H,7-8H2,1-2H3. The quantitative estimate of drug-likeness (QED) is 0.932. The van der Waals surface area contributed by atoms with Gasteiger partial charge in [-0.15, -0.1) is 0 Å². The van der Waals surface area contributed by atoms with Gasteiger partial charge in [0.05, 0.1) is 11.3 Å². The van der Waals surface area contributed by atoms with E-state index in [1.807, 2.05) is 13.8 Å². The fraction of sp³-hybridized carbons (Fsp3) is 0.357. The van der Waals surface area contributed by atoms with E-state index in [9.17, 15) is 13.2 Å². The third-order valence-electron chi connectivity index (χ3n) is 3.09. The van der Waals surface area contributed by atoms with Crippen molar-refractivity contribution in [3.05, 3.63) is 52.4 Å². The first-order chi connectivity index (χ1) is 9.38. The molecular formula is C14H15F3N2O. The molecule has 0 spiro atoms. The largest absolute Gasteiger partial charge is 0.416 e. The minimum absolute atomic E-state index is 0.488. The zero-order chi connectivity index (χ0) is 14.8. The lowest BCUT2D eigenvalue weighted by Gasteiger charge is -2.08. The van der Waals surface area contributed by atoms with Crippen molar-refractivity contribution in [1.82, 2.24) is 10.5 Å². The van der Waals surface area contributed by atoms with E-state index < -0.39 is 11.7 Å². The molecule has 0 amide bonds. The first-order valence-electron chi connectivity index (χ1n) is 6.16. The summed E-state index contributed by atoms with van der Waals surface area (Å²) in [7, 11) is 0. The van der Waals surface area contributed by atoms with Crippen LogP contribution in [0.4, 0.5) is 13.2 Å².